The van der Waals surface area contributed by atoms with Gasteiger partial charge in [-0.3, -0.25) is 0 Å². The summed E-state index contributed by atoms with van der Waals surface area (Å²) >= 11 is 0. The predicted molar refractivity (Wildman–Crippen MR) is 26.3 cm³/mol. The Kier molecular flexibility index (Phi) is 3.56. The zero-order valence-electron chi connectivity index (χ0n) is 4.10. The molecule has 0 aromatic rings. The third kappa shape index (κ3) is 4.94. The second-order valence-electron chi connectivity index (χ2n) is 1.05. The van der Waals surface area contributed by atoms with E-state index in [1.54, 1.807) is 0 Å². The lowest BCUT2D eigenvalue weighted by molar-refractivity contribution is 0.195. The number of hydrogen-bond acceptors (Lipinski definition) is 1. The van der Waals surface area contributed by atoms with E-state index < -0.39 is 6.09 Å². The van der Waals surface area contributed by atoms with E-state index in [0.29, 0.717) is 0 Å². The molecular formula is C4H6FNO2. The normalized spacial score (nSPS) is 9.62. The maximum Gasteiger partial charge on any atom is 0.404 e. The van der Waals surface area contributed by atoms with E-state index in [2.05, 4.69) is 0 Å². The van der Waals surface area contributed by atoms with E-state index >= 15 is 0 Å². The van der Waals surface area contributed by atoms with Crippen LogP contribution in [-0.2, 0) is 0 Å². The minimum Gasteiger partial charge on any atom is -0.465 e. The average molecular weight is 119 g/mol. The lowest BCUT2D eigenvalue weighted by Gasteiger charge is -1.89. The molecule has 0 aromatic heterocycles. The van der Waals surface area contributed by atoms with Crippen LogP contribution in [0.25, 0.3) is 0 Å². The minimum absolute atomic E-state index is 0.0197. The first-order valence-electron chi connectivity index (χ1n) is 1.99. The number of halogens is 1. The molecule has 8 heavy (non-hydrogen) atoms. The van der Waals surface area contributed by atoms with Gasteiger partial charge in [0, 0.05) is 6.54 Å². The lowest BCUT2D eigenvalue weighted by Crippen LogP contribution is -2.20. The van der Waals surface area contributed by atoms with Crippen LogP contribution < -0.4 is 5.32 Å². The first-order chi connectivity index (χ1) is 3.77. The number of carboxylic acid groups (broad SMARTS) is 1. The standard InChI is InChI=1S/C4H6FNO2/c5-2-1-3-6-4(7)8/h1-2,6H,3H2,(H,7,8). The molecule has 0 atom stereocenters. The van der Waals surface area contributed by atoms with Gasteiger partial charge in [0.1, 0.15) is 0 Å². The van der Waals surface area contributed by atoms with Crippen molar-refractivity contribution < 1.29 is 14.3 Å². The first kappa shape index (κ1) is 6.94. The Hall–Kier alpha value is -1.06. The second-order valence-corrected chi connectivity index (χ2v) is 1.05. The quantitative estimate of drug-likeness (QED) is 0.563. The molecule has 1 amide bonds. The SMILES string of the molecule is O=C(O)NCC=CF. The molecule has 0 aliphatic heterocycles. The molecular weight excluding hydrogens is 113 g/mol. The Morgan fingerprint density at radius 2 is 2.50 bits per heavy atom. The van der Waals surface area contributed by atoms with Crippen LogP contribution >= 0.6 is 0 Å². The third-order valence-electron chi connectivity index (χ3n) is 0.460. The van der Waals surface area contributed by atoms with Crippen molar-refractivity contribution in [3.05, 3.63) is 12.4 Å². The average Bonchev–Trinajstić information content (AvgIpc) is 1.66. The molecule has 0 spiro atoms. The van der Waals surface area contributed by atoms with Crippen LogP contribution in [0.15, 0.2) is 12.4 Å². The molecule has 3 nitrogen and oxygen atoms in total. The fraction of sp³-hybridized carbons (Fsp3) is 0.250. The molecule has 0 fully saturated rings. The molecule has 2 N–H and O–H groups in total. The Labute approximate surface area is 45.8 Å². The minimum atomic E-state index is -1.15. The van der Waals surface area contributed by atoms with Crippen molar-refractivity contribution in [3.8, 4) is 0 Å². The van der Waals surface area contributed by atoms with Gasteiger partial charge in [-0.15, -0.1) is 0 Å². The zero-order chi connectivity index (χ0) is 6.41. The van der Waals surface area contributed by atoms with Crippen LogP contribution in [0.1, 0.15) is 0 Å². The van der Waals surface area contributed by atoms with E-state index in [1.165, 1.54) is 0 Å². The molecule has 0 aliphatic rings. The van der Waals surface area contributed by atoms with E-state index in [4.69, 9.17) is 5.11 Å². The number of rotatable bonds is 2. The van der Waals surface area contributed by atoms with Gasteiger partial charge in [0.05, 0.1) is 6.33 Å². The summed E-state index contributed by atoms with van der Waals surface area (Å²) in [6.07, 6.45) is 0.201. The number of hydrogen-bond donors (Lipinski definition) is 2. The van der Waals surface area contributed by atoms with Gasteiger partial charge in [0.15, 0.2) is 0 Å². The molecule has 0 aromatic carbocycles. The van der Waals surface area contributed by atoms with Crippen molar-refractivity contribution in [3.63, 3.8) is 0 Å². The molecule has 0 aliphatic carbocycles. The molecule has 0 radical (unpaired) electrons. The van der Waals surface area contributed by atoms with Crippen molar-refractivity contribution in [1.82, 2.24) is 5.32 Å². The topological polar surface area (TPSA) is 49.3 Å². The molecule has 0 saturated carbocycles. The van der Waals surface area contributed by atoms with Crippen molar-refractivity contribution in [2.75, 3.05) is 6.54 Å². The van der Waals surface area contributed by atoms with Crippen molar-refractivity contribution in [2.45, 2.75) is 0 Å². The Bertz CT molecular complexity index is 102. The second kappa shape index (κ2) is 4.11. The smallest absolute Gasteiger partial charge is 0.404 e. The Morgan fingerprint density at radius 3 is 2.88 bits per heavy atom. The van der Waals surface area contributed by atoms with Crippen molar-refractivity contribution in [1.29, 1.82) is 0 Å². The zero-order valence-corrected chi connectivity index (χ0v) is 4.10. The van der Waals surface area contributed by atoms with Crippen LogP contribution in [0.3, 0.4) is 0 Å². The maximum atomic E-state index is 11.0. The van der Waals surface area contributed by atoms with E-state index in [1.807, 2.05) is 5.32 Å². The third-order valence-corrected chi connectivity index (χ3v) is 0.460. The summed E-state index contributed by atoms with van der Waals surface area (Å²) in [5, 5.41) is 9.81. The van der Waals surface area contributed by atoms with Crippen LogP contribution in [0, 0.1) is 0 Å². The van der Waals surface area contributed by atoms with Gasteiger partial charge in [-0.2, -0.15) is 0 Å². The molecule has 46 valence electrons. The van der Waals surface area contributed by atoms with Crippen molar-refractivity contribution in [2.24, 2.45) is 0 Å². The molecule has 0 saturated heterocycles. The molecule has 0 heterocycles. The van der Waals surface area contributed by atoms with Crippen LogP contribution in [0.2, 0.25) is 0 Å². The molecule has 0 rings (SSSR count). The van der Waals surface area contributed by atoms with Gasteiger partial charge in [-0.05, 0) is 6.08 Å². The highest BCUT2D eigenvalue weighted by molar-refractivity contribution is 5.64. The highest BCUT2D eigenvalue weighted by Crippen LogP contribution is 1.69. The monoisotopic (exact) mass is 119 g/mol. The van der Waals surface area contributed by atoms with Crippen LogP contribution in [0.4, 0.5) is 9.18 Å². The molecule has 0 unspecified atom stereocenters. The highest BCUT2D eigenvalue weighted by Gasteiger charge is 1.85. The van der Waals surface area contributed by atoms with Gasteiger partial charge in [0.2, 0.25) is 0 Å². The van der Waals surface area contributed by atoms with E-state index in [-0.39, 0.29) is 12.9 Å². The largest absolute Gasteiger partial charge is 0.465 e. The van der Waals surface area contributed by atoms with Gasteiger partial charge >= 0.3 is 6.09 Å². The summed E-state index contributed by atoms with van der Waals surface area (Å²) in [6, 6.07) is 0. The Balaban J connectivity index is 3.05. The summed E-state index contributed by atoms with van der Waals surface area (Å²) in [7, 11) is 0. The fourth-order valence-electron chi connectivity index (χ4n) is 0.191. The van der Waals surface area contributed by atoms with Gasteiger partial charge in [-0.1, -0.05) is 0 Å². The lowest BCUT2D eigenvalue weighted by atomic mass is 10.6. The maximum absolute atomic E-state index is 11.0. The number of carbonyl (C=O) groups is 1. The van der Waals surface area contributed by atoms with E-state index in [0.717, 1.165) is 6.08 Å². The van der Waals surface area contributed by atoms with Crippen LogP contribution in [0.5, 0.6) is 0 Å². The van der Waals surface area contributed by atoms with Crippen molar-refractivity contribution >= 4 is 6.09 Å². The summed E-state index contributed by atoms with van der Waals surface area (Å²) in [6.45, 7) is 0.0197. The molecule has 4 heteroatoms. The number of amides is 1. The van der Waals surface area contributed by atoms with Gasteiger partial charge < -0.3 is 10.4 Å². The Morgan fingerprint density at radius 1 is 1.88 bits per heavy atom. The molecule has 0 bridgehead atoms. The summed E-state index contributed by atoms with van der Waals surface area (Å²) in [5.74, 6) is 0. The summed E-state index contributed by atoms with van der Waals surface area (Å²) in [4.78, 5) is 9.61. The first-order valence-corrected chi connectivity index (χ1v) is 1.99. The van der Waals surface area contributed by atoms with Crippen LogP contribution in [-0.4, -0.2) is 17.7 Å². The summed E-state index contributed by atoms with van der Waals surface area (Å²) in [5.41, 5.74) is 0. The van der Waals surface area contributed by atoms with Gasteiger partial charge in [-0.25, -0.2) is 9.18 Å². The predicted octanol–water partition coefficient (Wildman–Crippen LogP) is 0.737. The summed E-state index contributed by atoms with van der Waals surface area (Å²) < 4.78 is 11.0. The fourth-order valence-corrected chi connectivity index (χ4v) is 0.191. The number of nitrogens with one attached hydrogen (secondary N) is 1. The van der Waals surface area contributed by atoms with Gasteiger partial charge in [0.25, 0.3) is 0 Å². The highest BCUT2D eigenvalue weighted by atomic mass is 19.1. The van der Waals surface area contributed by atoms with E-state index in [9.17, 15) is 9.18 Å².